The predicted octanol–water partition coefficient (Wildman–Crippen LogP) is 1.84. The normalized spacial score (nSPS) is 14.3. The topological polar surface area (TPSA) is 54.4 Å². The Labute approximate surface area is 107 Å². The summed E-state index contributed by atoms with van der Waals surface area (Å²) in [6, 6.07) is 0. The fourth-order valence-corrected chi connectivity index (χ4v) is 1.33. The molecule has 0 aliphatic rings. The molecule has 0 spiro atoms. The smallest absolute Gasteiger partial charge is 0.253 e. The summed E-state index contributed by atoms with van der Waals surface area (Å²) in [5.74, 6) is -6.78. The molecule has 0 aliphatic heterocycles. The van der Waals surface area contributed by atoms with Crippen LogP contribution in [0.15, 0.2) is 0 Å². The molecule has 1 heterocycles. The van der Waals surface area contributed by atoms with E-state index in [-0.39, 0.29) is 19.6 Å². The van der Waals surface area contributed by atoms with Crippen LogP contribution in [-0.2, 0) is 4.74 Å². The van der Waals surface area contributed by atoms with Gasteiger partial charge < -0.3 is 15.2 Å². The van der Waals surface area contributed by atoms with Crippen molar-refractivity contribution in [1.29, 1.82) is 0 Å². The highest BCUT2D eigenvalue weighted by Gasteiger charge is 2.24. The first-order valence-electron chi connectivity index (χ1n) is 5.43. The van der Waals surface area contributed by atoms with Gasteiger partial charge in [-0.3, -0.25) is 0 Å². The zero-order valence-corrected chi connectivity index (χ0v) is 10.4. The maximum Gasteiger partial charge on any atom is 0.253 e. The van der Waals surface area contributed by atoms with Crippen LogP contribution in [0.5, 0.6) is 0 Å². The molecule has 0 aliphatic carbocycles. The van der Waals surface area contributed by atoms with E-state index >= 15 is 0 Å². The predicted molar refractivity (Wildman–Crippen MR) is 59.7 cm³/mol. The van der Waals surface area contributed by atoms with Crippen LogP contribution in [0, 0.1) is 23.5 Å². The van der Waals surface area contributed by atoms with E-state index in [2.05, 4.69) is 10.3 Å². The molecule has 0 aromatic carbocycles. The van der Waals surface area contributed by atoms with Crippen LogP contribution in [0.25, 0.3) is 0 Å². The highest BCUT2D eigenvalue weighted by Crippen LogP contribution is 2.23. The van der Waals surface area contributed by atoms with Crippen molar-refractivity contribution >= 4 is 5.69 Å². The van der Waals surface area contributed by atoms with Gasteiger partial charge in [-0.05, 0) is 6.92 Å². The van der Waals surface area contributed by atoms with Crippen molar-refractivity contribution in [3.8, 4) is 0 Å². The molecule has 1 rings (SSSR count). The number of methoxy groups -OCH3 is 1. The fraction of sp³-hybridized carbons (Fsp3) is 0.545. The minimum Gasteiger partial charge on any atom is -0.388 e. The molecule has 0 saturated carbocycles. The number of nitrogens with one attached hydrogen (secondary N) is 1. The highest BCUT2D eigenvalue weighted by atomic mass is 19.2. The van der Waals surface area contributed by atoms with E-state index in [0.29, 0.717) is 0 Å². The standard InChI is InChI=1S/C11H14F4N2O2/c1-11(18,3-4-19-2)5-16-8-6(12)9(14)17-10(15)7(8)13/h18H,3-5H2,1-2H3,(H,16,17). The first-order chi connectivity index (χ1) is 8.78. The van der Waals surface area contributed by atoms with Gasteiger partial charge in [-0.25, -0.2) is 0 Å². The number of pyridine rings is 1. The lowest BCUT2D eigenvalue weighted by molar-refractivity contribution is 0.0356. The van der Waals surface area contributed by atoms with Crippen LogP contribution in [-0.4, -0.2) is 36.0 Å². The fourth-order valence-electron chi connectivity index (χ4n) is 1.33. The molecule has 108 valence electrons. The molecule has 0 fully saturated rings. The van der Waals surface area contributed by atoms with Crippen molar-refractivity contribution < 1.29 is 27.4 Å². The van der Waals surface area contributed by atoms with E-state index in [0.717, 1.165) is 0 Å². The van der Waals surface area contributed by atoms with Gasteiger partial charge in [0.2, 0.25) is 11.6 Å². The Bertz CT molecular complexity index is 429. The average Bonchev–Trinajstić information content (AvgIpc) is 2.34. The third kappa shape index (κ3) is 4.03. The highest BCUT2D eigenvalue weighted by molar-refractivity contribution is 5.45. The van der Waals surface area contributed by atoms with Crippen molar-refractivity contribution in [3.05, 3.63) is 23.5 Å². The largest absolute Gasteiger partial charge is 0.388 e. The zero-order chi connectivity index (χ0) is 14.6. The Kier molecular flexibility index (Phi) is 5.07. The average molecular weight is 282 g/mol. The summed E-state index contributed by atoms with van der Waals surface area (Å²) in [6.45, 7) is 1.30. The lowest BCUT2D eigenvalue weighted by Gasteiger charge is -2.24. The number of rotatable bonds is 6. The molecule has 1 aromatic heterocycles. The van der Waals surface area contributed by atoms with Gasteiger partial charge in [-0.15, -0.1) is 0 Å². The van der Waals surface area contributed by atoms with Crippen molar-refractivity contribution in [2.75, 3.05) is 25.6 Å². The number of hydrogen-bond donors (Lipinski definition) is 2. The number of hydrogen-bond acceptors (Lipinski definition) is 4. The van der Waals surface area contributed by atoms with Crippen LogP contribution in [0.1, 0.15) is 13.3 Å². The van der Waals surface area contributed by atoms with Gasteiger partial charge in [-0.1, -0.05) is 0 Å². The maximum atomic E-state index is 13.3. The summed E-state index contributed by atoms with van der Waals surface area (Å²) < 4.78 is 56.9. The van der Waals surface area contributed by atoms with Gasteiger partial charge in [0.1, 0.15) is 5.69 Å². The molecule has 1 aromatic rings. The molecule has 1 atom stereocenters. The lowest BCUT2D eigenvalue weighted by Crippen LogP contribution is -2.35. The van der Waals surface area contributed by atoms with Gasteiger partial charge in [0.15, 0.2) is 0 Å². The molecule has 19 heavy (non-hydrogen) atoms. The third-order valence-corrected chi connectivity index (χ3v) is 2.49. The number of aromatic nitrogens is 1. The van der Waals surface area contributed by atoms with Crippen molar-refractivity contribution in [1.82, 2.24) is 4.98 Å². The molecule has 0 radical (unpaired) electrons. The Morgan fingerprint density at radius 1 is 1.21 bits per heavy atom. The van der Waals surface area contributed by atoms with Crippen molar-refractivity contribution in [2.24, 2.45) is 0 Å². The summed E-state index contributed by atoms with van der Waals surface area (Å²) >= 11 is 0. The quantitative estimate of drug-likeness (QED) is 0.617. The second kappa shape index (κ2) is 6.16. The van der Waals surface area contributed by atoms with Crippen LogP contribution < -0.4 is 5.32 Å². The van der Waals surface area contributed by atoms with Gasteiger partial charge in [-0.2, -0.15) is 22.5 Å². The summed E-state index contributed by atoms with van der Waals surface area (Å²) in [4.78, 5) is 2.42. The molecule has 2 N–H and O–H groups in total. The van der Waals surface area contributed by atoms with Gasteiger partial charge in [0.05, 0.1) is 5.60 Å². The van der Waals surface area contributed by atoms with E-state index in [4.69, 9.17) is 4.74 Å². The summed E-state index contributed by atoms with van der Waals surface area (Å²) in [5, 5.41) is 12.0. The second-order valence-electron chi connectivity index (χ2n) is 4.29. The van der Waals surface area contributed by atoms with Crippen LogP contribution in [0.3, 0.4) is 0 Å². The molecule has 0 bridgehead atoms. The van der Waals surface area contributed by atoms with E-state index in [1.54, 1.807) is 0 Å². The number of ether oxygens (including phenoxy) is 1. The molecule has 1 unspecified atom stereocenters. The van der Waals surface area contributed by atoms with Crippen molar-refractivity contribution in [3.63, 3.8) is 0 Å². The molecule has 0 saturated heterocycles. The third-order valence-electron chi connectivity index (χ3n) is 2.49. The number of halogens is 4. The van der Waals surface area contributed by atoms with E-state index in [9.17, 15) is 22.7 Å². The summed E-state index contributed by atoms with van der Waals surface area (Å²) in [5.41, 5.74) is -2.35. The molecule has 8 heteroatoms. The van der Waals surface area contributed by atoms with Gasteiger partial charge in [0, 0.05) is 26.7 Å². The summed E-state index contributed by atoms with van der Waals surface area (Å²) in [6.07, 6.45) is 0.176. The zero-order valence-electron chi connectivity index (χ0n) is 10.4. The van der Waals surface area contributed by atoms with Gasteiger partial charge in [0.25, 0.3) is 11.9 Å². The lowest BCUT2D eigenvalue weighted by atomic mass is 10.0. The summed E-state index contributed by atoms with van der Waals surface area (Å²) in [7, 11) is 1.43. The Balaban J connectivity index is 2.83. The number of nitrogens with zero attached hydrogens (tertiary/aromatic N) is 1. The Hall–Kier alpha value is -1.41. The van der Waals surface area contributed by atoms with Gasteiger partial charge >= 0.3 is 0 Å². The van der Waals surface area contributed by atoms with Crippen molar-refractivity contribution in [2.45, 2.75) is 18.9 Å². The van der Waals surface area contributed by atoms with Crippen LogP contribution >= 0.6 is 0 Å². The minimum absolute atomic E-state index is 0.176. The van der Waals surface area contributed by atoms with Crippen LogP contribution in [0.4, 0.5) is 23.2 Å². The first kappa shape index (κ1) is 15.6. The van der Waals surface area contributed by atoms with E-state index < -0.39 is 34.8 Å². The monoisotopic (exact) mass is 282 g/mol. The number of aliphatic hydroxyl groups is 1. The van der Waals surface area contributed by atoms with E-state index in [1.165, 1.54) is 14.0 Å². The second-order valence-corrected chi connectivity index (χ2v) is 4.29. The maximum absolute atomic E-state index is 13.3. The minimum atomic E-state index is -1.75. The molecule has 0 amide bonds. The Morgan fingerprint density at radius 2 is 1.74 bits per heavy atom. The molecular formula is C11H14F4N2O2. The molecule has 4 nitrogen and oxygen atoms in total. The van der Waals surface area contributed by atoms with Crippen LogP contribution in [0.2, 0.25) is 0 Å². The SMILES string of the molecule is COCCC(C)(O)CNc1c(F)c(F)nc(F)c1F. The Morgan fingerprint density at radius 3 is 2.21 bits per heavy atom. The number of anilines is 1. The molecular weight excluding hydrogens is 268 g/mol. The van der Waals surface area contributed by atoms with E-state index in [1.807, 2.05) is 0 Å². The first-order valence-corrected chi connectivity index (χ1v) is 5.43.